The van der Waals surface area contributed by atoms with Crippen molar-refractivity contribution in [2.24, 2.45) is 4.99 Å². The lowest BCUT2D eigenvalue weighted by Gasteiger charge is -1.97. The van der Waals surface area contributed by atoms with Crippen LogP contribution in [0.3, 0.4) is 0 Å². The van der Waals surface area contributed by atoms with Crippen molar-refractivity contribution in [3.05, 3.63) is 0 Å². The van der Waals surface area contributed by atoms with Gasteiger partial charge in [0.15, 0.2) is 0 Å². The summed E-state index contributed by atoms with van der Waals surface area (Å²) in [4.78, 5) is 4.05. The third-order valence-corrected chi connectivity index (χ3v) is 1.000. The van der Waals surface area contributed by atoms with Gasteiger partial charge in [-0.25, -0.2) is 0 Å². The average Bonchev–Trinajstić information content (AvgIpc) is 1.72. The number of hydrogen-bond acceptors (Lipinski definition) is 1. The van der Waals surface area contributed by atoms with Crippen LogP contribution in [0, 0.1) is 0 Å². The van der Waals surface area contributed by atoms with E-state index in [1.807, 2.05) is 6.21 Å². The minimum Gasteiger partial charge on any atom is -0.298 e. The Morgan fingerprint density at radius 2 is 2.33 bits per heavy atom. The molecule has 0 aromatic rings. The average molecular weight is 86.1 g/mol. The van der Waals surface area contributed by atoms with Crippen LogP contribution < -0.4 is 0 Å². The van der Waals surface area contributed by atoms with Gasteiger partial charge < -0.3 is 0 Å². The molecule has 0 aromatic heterocycles. The maximum atomic E-state index is 4.05. The predicted octanol–water partition coefficient (Wildman–Crippen LogP) is 1.24. The van der Waals surface area contributed by atoms with Gasteiger partial charge in [0.1, 0.15) is 0 Å². The van der Waals surface area contributed by atoms with E-state index in [1.165, 1.54) is 19.3 Å². The molecular weight excluding hydrogens is 77.0 g/mol. The maximum Gasteiger partial charge on any atom is 0.0385 e. The van der Waals surface area contributed by atoms with E-state index in [-0.39, 0.29) is 0 Å². The second-order valence-corrected chi connectivity index (χ2v) is 1.58. The van der Waals surface area contributed by atoms with Gasteiger partial charge in [-0.05, 0) is 25.5 Å². The molecule has 1 heterocycles. The van der Waals surface area contributed by atoms with Gasteiger partial charge >= 0.3 is 0 Å². The van der Waals surface area contributed by atoms with Crippen molar-refractivity contribution in [2.75, 3.05) is 6.54 Å². The zero-order valence-electron chi connectivity index (χ0n) is 3.85. The summed E-state index contributed by atoms with van der Waals surface area (Å²) in [5.41, 5.74) is 0. The molecule has 1 aliphatic heterocycles. The second-order valence-electron chi connectivity index (χ2n) is 1.58. The predicted molar refractivity (Wildman–Crippen MR) is 27.2 cm³/mol. The Kier molecular flexibility index (Phi) is 1.25. The van der Waals surface area contributed by atoms with Crippen molar-refractivity contribution in [3.8, 4) is 0 Å². The summed E-state index contributed by atoms with van der Waals surface area (Å²) in [6, 6.07) is 0. The van der Waals surface area contributed by atoms with Crippen LogP contribution in [0.25, 0.3) is 0 Å². The van der Waals surface area contributed by atoms with E-state index >= 15 is 0 Å². The van der Waals surface area contributed by atoms with Gasteiger partial charge in [-0.15, -0.1) is 0 Å². The summed E-state index contributed by atoms with van der Waals surface area (Å²) < 4.78 is 0. The molecule has 0 aromatic carbocycles. The summed E-state index contributed by atoms with van der Waals surface area (Å²) in [5, 5.41) is 0. The molecule has 0 atom stereocenters. The number of nitrogens with zero attached hydrogens (tertiary/aromatic N) is 1. The molecule has 0 aliphatic carbocycles. The van der Waals surface area contributed by atoms with Gasteiger partial charge in [0.25, 0.3) is 0 Å². The summed E-state index contributed by atoms with van der Waals surface area (Å²) in [6.07, 6.45) is 5.88. The summed E-state index contributed by atoms with van der Waals surface area (Å²) in [7, 11) is 0. The molecule has 0 N–H and O–H groups in total. The first-order chi connectivity index (χ1) is 3.00. The largest absolute Gasteiger partial charge is 0.298 e. The minimum atomic E-state index is 1.07. The third kappa shape index (κ3) is 0.814. The zero-order valence-corrected chi connectivity index (χ0v) is 3.85. The van der Waals surface area contributed by atoms with Gasteiger partial charge in [0.05, 0.1) is 0 Å². The fraction of sp³-hybridized carbons (Fsp3) is 0.800. The highest BCUT2D eigenvalue weighted by molar-refractivity contribution is 5.57. The van der Waals surface area contributed by atoms with Crippen molar-refractivity contribution < 1.29 is 0 Å². The van der Waals surface area contributed by atoms with Gasteiger partial charge in [0.2, 0.25) is 0 Å². The monoisotopic (exact) mass is 86.1 g/mol. The number of rotatable bonds is 0. The molecule has 0 amide bonds. The molecule has 6 heavy (non-hydrogen) atoms. The number of aliphatic imine (C=N–C) groups is 1. The molecule has 0 bridgehead atoms. The Labute approximate surface area is 38.1 Å². The van der Waals surface area contributed by atoms with E-state index in [2.05, 4.69) is 4.99 Å². The minimum absolute atomic E-state index is 1.07. The van der Waals surface area contributed by atoms with Crippen LogP contribution in [0.15, 0.2) is 4.99 Å². The lowest BCUT2D eigenvalue weighted by molar-refractivity contribution is 0.749. The number of hydrogen-bond donors (Lipinski definition) is 0. The fourth-order valence-corrected chi connectivity index (χ4v) is 0.621. The Morgan fingerprint density at radius 3 is 2.50 bits per heavy atom. The Balaban J connectivity index is 2.26. The molecule has 1 nitrogen and oxygen atoms in total. The highest BCUT2D eigenvalue weighted by atomic mass is 15.6. The third-order valence-electron chi connectivity index (χ3n) is 1.000. The van der Waals surface area contributed by atoms with Crippen molar-refractivity contribution in [1.82, 2.24) is 0 Å². The van der Waals surface area contributed by atoms with E-state index in [9.17, 15) is 0 Å². The van der Waals surface area contributed by atoms with E-state index in [4.69, 9.17) is 0 Å². The van der Waals surface area contributed by atoms with Crippen molar-refractivity contribution in [2.45, 2.75) is 19.3 Å². The smallest absolute Gasteiger partial charge is 0.0385 e. The quantitative estimate of drug-likeness (QED) is 0.310. The highest BCUT2D eigenvalue weighted by Gasteiger charge is 1.88. The first-order valence-corrected chi connectivity index (χ1v) is 2.48. The van der Waals surface area contributed by atoms with Crippen LogP contribution in [-0.4, -0.2) is 12.8 Å². The Morgan fingerprint density at radius 1 is 1.33 bits per heavy atom. The first kappa shape index (κ1) is 3.85. The SMILES string of the molecule is C1=[15N][13CH2][13CH2]CC1. The summed E-state index contributed by atoms with van der Waals surface area (Å²) >= 11 is 0. The van der Waals surface area contributed by atoms with E-state index in [0.29, 0.717) is 0 Å². The van der Waals surface area contributed by atoms with Crippen LogP contribution in [-0.2, 0) is 0 Å². The van der Waals surface area contributed by atoms with Crippen LogP contribution in [0.1, 0.15) is 19.3 Å². The maximum absolute atomic E-state index is 4.05. The molecule has 0 saturated carbocycles. The Hall–Kier alpha value is -0.330. The van der Waals surface area contributed by atoms with Gasteiger partial charge in [-0.3, -0.25) is 4.99 Å². The topological polar surface area (TPSA) is 12.4 Å². The standard InChI is InChI=1S/C5H9N/c1-2-4-6-5-3-1/h4H,1-3,5H2/i3+1,5+1,6+1. The van der Waals surface area contributed by atoms with E-state index in [0.717, 1.165) is 6.54 Å². The fourth-order valence-electron chi connectivity index (χ4n) is 0.621. The van der Waals surface area contributed by atoms with Gasteiger partial charge in [-0.1, -0.05) is 0 Å². The molecule has 0 fully saturated rings. The van der Waals surface area contributed by atoms with Gasteiger partial charge in [0, 0.05) is 6.54 Å². The van der Waals surface area contributed by atoms with E-state index in [1.54, 1.807) is 0 Å². The molecule has 34 valence electrons. The van der Waals surface area contributed by atoms with Crippen LogP contribution in [0.5, 0.6) is 0 Å². The molecule has 1 rings (SSSR count). The van der Waals surface area contributed by atoms with Crippen LogP contribution in [0.4, 0.5) is 0 Å². The lowest BCUT2D eigenvalue weighted by Crippen LogP contribution is -1.89. The van der Waals surface area contributed by atoms with Crippen LogP contribution in [0.2, 0.25) is 0 Å². The molecule has 0 radical (unpaired) electrons. The van der Waals surface area contributed by atoms with E-state index < -0.39 is 0 Å². The molecule has 0 unspecified atom stereocenters. The highest BCUT2D eigenvalue weighted by Crippen LogP contribution is 1.97. The molecule has 0 spiro atoms. The molecule has 1 heteroatoms. The molecule has 1 aliphatic rings. The second kappa shape index (κ2) is 1.96. The van der Waals surface area contributed by atoms with Crippen molar-refractivity contribution in [1.29, 1.82) is 0 Å². The molecule has 0 saturated heterocycles. The Bertz CT molecular complexity index is 49.0. The van der Waals surface area contributed by atoms with Crippen LogP contribution >= 0.6 is 0 Å². The van der Waals surface area contributed by atoms with Crippen molar-refractivity contribution >= 4 is 6.21 Å². The summed E-state index contributed by atoms with van der Waals surface area (Å²) in [6.45, 7) is 1.07. The zero-order chi connectivity index (χ0) is 4.24. The van der Waals surface area contributed by atoms with Crippen molar-refractivity contribution in [3.63, 3.8) is 0 Å². The normalized spacial score (nSPS) is 21.3. The summed E-state index contributed by atoms with van der Waals surface area (Å²) in [5.74, 6) is 0. The molecular formula is C5H9N. The lowest BCUT2D eigenvalue weighted by atomic mass is 10.4. The van der Waals surface area contributed by atoms with Gasteiger partial charge in [-0.2, -0.15) is 0 Å². The first-order valence-electron chi connectivity index (χ1n) is 2.48.